The number of hydrogen-bond acceptors (Lipinski definition) is 4. The second-order valence-corrected chi connectivity index (χ2v) is 10.1. The lowest BCUT2D eigenvalue weighted by atomic mass is 9.47. The summed E-state index contributed by atoms with van der Waals surface area (Å²) >= 11 is 0. The fourth-order valence-corrected chi connectivity index (χ4v) is 7.16. The van der Waals surface area contributed by atoms with E-state index in [1.54, 1.807) is 0 Å². The number of rotatable bonds is 2. The Morgan fingerprint density at radius 3 is 2.44 bits per heavy atom. The fourth-order valence-electron chi connectivity index (χ4n) is 6.70. The maximum absolute atomic E-state index is 12.4. The van der Waals surface area contributed by atoms with Crippen LogP contribution in [-0.2, 0) is 19.4 Å². The summed E-state index contributed by atoms with van der Waals surface area (Å²) in [6.07, 6.45) is 8.79. The van der Waals surface area contributed by atoms with Gasteiger partial charge in [0.05, 0.1) is 6.10 Å². The van der Waals surface area contributed by atoms with Crippen molar-refractivity contribution in [3.05, 3.63) is 11.6 Å². The van der Waals surface area contributed by atoms with E-state index in [1.165, 1.54) is 5.57 Å². The monoisotopic (exact) mass is 368 g/mol. The van der Waals surface area contributed by atoms with Crippen molar-refractivity contribution < 1.29 is 21.9 Å². The van der Waals surface area contributed by atoms with Crippen LogP contribution in [0.25, 0.3) is 0 Å². The average Bonchev–Trinajstić information content (AvgIpc) is 2.82. The van der Waals surface area contributed by atoms with Crippen LogP contribution in [0.2, 0.25) is 0 Å². The Hall–Kier alpha value is -0.720. The molecule has 0 amide bonds. The minimum absolute atomic E-state index is 0.0783. The van der Waals surface area contributed by atoms with E-state index in [1.807, 2.05) is 6.08 Å². The zero-order valence-corrected chi connectivity index (χ0v) is 15.8. The number of fused-ring (bicyclic) bond motifs is 5. The Kier molecular flexibility index (Phi) is 3.99. The van der Waals surface area contributed by atoms with Crippen LogP contribution in [0, 0.1) is 28.6 Å². The van der Waals surface area contributed by atoms with Gasteiger partial charge in [-0.1, -0.05) is 25.5 Å². The summed E-state index contributed by atoms with van der Waals surface area (Å²) in [5.74, 6) is 2.16. The van der Waals surface area contributed by atoms with Gasteiger partial charge in [-0.25, -0.2) is 4.18 Å². The number of hydrogen-bond donors (Lipinski definition) is 1. The van der Waals surface area contributed by atoms with Gasteiger partial charge in [-0.2, -0.15) is 8.42 Å². The van der Waals surface area contributed by atoms with Crippen LogP contribution in [0.3, 0.4) is 0 Å². The van der Waals surface area contributed by atoms with Crippen LogP contribution < -0.4 is 0 Å². The molecule has 6 heteroatoms. The number of ketones is 1. The van der Waals surface area contributed by atoms with E-state index in [9.17, 15) is 13.2 Å². The second-order valence-electron chi connectivity index (χ2n) is 9.04. The molecule has 6 unspecified atom stereocenters. The summed E-state index contributed by atoms with van der Waals surface area (Å²) in [6, 6.07) is 0. The van der Waals surface area contributed by atoms with Gasteiger partial charge in [0.15, 0.2) is 0 Å². The molecule has 0 aliphatic heterocycles. The smallest absolute Gasteiger partial charge is 0.299 e. The van der Waals surface area contributed by atoms with E-state index in [4.69, 9.17) is 8.74 Å². The lowest BCUT2D eigenvalue weighted by Gasteiger charge is -2.57. The maximum Gasteiger partial charge on any atom is 0.397 e. The third-order valence-electron chi connectivity index (χ3n) is 8.03. The quantitative estimate of drug-likeness (QED) is 0.594. The van der Waals surface area contributed by atoms with Crippen LogP contribution in [-0.4, -0.2) is 24.9 Å². The lowest BCUT2D eigenvalue weighted by molar-refractivity contribution is -0.132. The van der Waals surface area contributed by atoms with Gasteiger partial charge in [0, 0.05) is 11.8 Å². The average molecular weight is 368 g/mol. The zero-order chi connectivity index (χ0) is 18.0. The predicted molar refractivity (Wildman–Crippen MR) is 93.1 cm³/mol. The molecule has 3 fully saturated rings. The topological polar surface area (TPSA) is 80.7 Å². The van der Waals surface area contributed by atoms with Gasteiger partial charge in [-0.05, 0) is 68.1 Å². The van der Waals surface area contributed by atoms with E-state index >= 15 is 0 Å². The van der Waals surface area contributed by atoms with Crippen LogP contribution in [0.5, 0.6) is 0 Å². The molecule has 0 aromatic carbocycles. The van der Waals surface area contributed by atoms with Crippen LogP contribution in [0.4, 0.5) is 0 Å². The molecule has 0 radical (unpaired) electrons. The van der Waals surface area contributed by atoms with Crippen molar-refractivity contribution in [2.45, 2.75) is 71.3 Å². The predicted octanol–water partition coefficient (Wildman–Crippen LogP) is 3.71. The summed E-state index contributed by atoms with van der Waals surface area (Å²) in [6.45, 7) is 4.51. The van der Waals surface area contributed by atoms with Crippen molar-refractivity contribution in [2.75, 3.05) is 0 Å². The molecular formula is C19H28O5S. The molecule has 5 nitrogen and oxygen atoms in total. The van der Waals surface area contributed by atoms with E-state index in [2.05, 4.69) is 13.8 Å². The summed E-state index contributed by atoms with van der Waals surface area (Å²) in [5, 5.41) is 0. The molecule has 4 aliphatic carbocycles. The fraction of sp³-hybridized carbons (Fsp3) is 0.842. The summed E-state index contributed by atoms with van der Waals surface area (Å²) in [7, 11) is -4.41. The first-order valence-electron chi connectivity index (χ1n) is 9.54. The molecule has 4 aliphatic rings. The Bertz CT molecular complexity index is 726. The van der Waals surface area contributed by atoms with E-state index in [0.717, 1.165) is 44.9 Å². The second kappa shape index (κ2) is 5.64. The molecule has 0 heterocycles. The molecule has 25 heavy (non-hydrogen) atoms. The van der Waals surface area contributed by atoms with Crippen LogP contribution in [0.15, 0.2) is 11.6 Å². The number of allylic oxidation sites excluding steroid dienone is 1. The van der Waals surface area contributed by atoms with E-state index < -0.39 is 16.5 Å². The van der Waals surface area contributed by atoms with Crippen LogP contribution >= 0.6 is 0 Å². The maximum atomic E-state index is 12.4. The minimum Gasteiger partial charge on any atom is -0.299 e. The highest BCUT2D eigenvalue weighted by molar-refractivity contribution is 7.80. The van der Waals surface area contributed by atoms with Gasteiger partial charge in [0.2, 0.25) is 0 Å². The molecule has 4 rings (SSSR count). The molecule has 3 saturated carbocycles. The number of Topliss-reactive ketones (excluding diaryl/α,β-unsaturated/α-hetero) is 1. The molecule has 1 N–H and O–H groups in total. The molecule has 0 aromatic heterocycles. The van der Waals surface area contributed by atoms with Crippen molar-refractivity contribution >= 4 is 16.2 Å². The summed E-state index contributed by atoms with van der Waals surface area (Å²) in [5.41, 5.74) is 1.26. The molecule has 0 aromatic rings. The largest absolute Gasteiger partial charge is 0.397 e. The minimum atomic E-state index is -4.41. The molecule has 6 atom stereocenters. The third-order valence-corrected chi connectivity index (χ3v) is 8.52. The molecule has 0 spiro atoms. The van der Waals surface area contributed by atoms with Crippen molar-refractivity contribution in [3.8, 4) is 0 Å². The number of carbonyl (C=O) groups excluding carboxylic acids is 1. The van der Waals surface area contributed by atoms with Gasteiger partial charge in [-0.3, -0.25) is 9.35 Å². The molecular weight excluding hydrogens is 340 g/mol. The third kappa shape index (κ3) is 2.72. The zero-order valence-electron chi connectivity index (χ0n) is 15.0. The van der Waals surface area contributed by atoms with Gasteiger partial charge < -0.3 is 0 Å². The highest BCUT2D eigenvalue weighted by Gasteiger charge is 2.58. The first kappa shape index (κ1) is 17.7. The highest BCUT2D eigenvalue weighted by Crippen LogP contribution is 2.64. The van der Waals surface area contributed by atoms with Crippen LogP contribution in [0.1, 0.15) is 65.2 Å². The summed E-state index contributed by atoms with van der Waals surface area (Å²) in [4.78, 5) is 12.4. The normalized spacial score (nSPS) is 46.8. The first-order valence-corrected chi connectivity index (χ1v) is 10.9. The van der Waals surface area contributed by atoms with E-state index in [-0.39, 0.29) is 10.8 Å². The van der Waals surface area contributed by atoms with Gasteiger partial charge in [0.25, 0.3) is 0 Å². The Labute approximate surface area is 150 Å². The van der Waals surface area contributed by atoms with E-state index in [0.29, 0.717) is 30.0 Å². The van der Waals surface area contributed by atoms with Gasteiger partial charge in [0.1, 0.15) is 5.78 Å². The Morgan fingerprint density at radius 2 is 1.72 bits per heavy atom. The standard InChI is InChI=1S/C19H28O5S/c1-18-9-7-13(24-25(21,22)23)11-12(18)3-4-14-15-5-6-17(20)19(15,2)10-8-16(14)18/h11,13-16H,3-10H2,1-2H3,(H,21,22,23). The lowest BCUT2D eigenvalue weighted by Crippen LogP contribution is -2.50. The number of carbonyl (C=O) groups is 1. The van der Waals surface area contributed by atoms with Gasteiger partial charge >= 0.3 is 10.4 Å². The highest BCUT2D eigenvalue weighted by atomic mass is 32.3. The summed E-state index contributed by atoms with van der Waals surface area (Å²) < 4.78 is 35.8. The Morgan fingerprint density at radius 1 is 1.04 bits per heavy atom. The van der Waals surface area contributed by atoms with Crippen molar-refractivity contribution in [3.63, 3.8) is 0 Å². The molecule has 0 saturated heterocycles. The SMILES string of the molecule is CC12CCC3C(CCC4=CC(OS(=O)(=O)O)CCC43C)C1CCC2=O. The first-order chi connectivity index (χ1) is 11.6. The van der Waals surface area contributed by atoms with Crippen molar-refractivity contribution in [2.24, 2.45) is 28.6 Å². The van der Waals surface area contributed by atoms with Gasteiger partial charge in [-0.15, -0.1) is 0 Å². The Balaban J connectivity index is 1.61. The van der Waals surface area contributed by atoms with Crippen molar-refractivity contribution in [1.82, 2.24) is 0 Å². The van der Waals surface area contributed by atoms with Crippen molar-refractivity contribution in [1.29, 1.82) is 0 Å². The molecule has 140 valence electrons. The molecule has 0 bridgehead atoms.